The number of hydrogen-bond acceptors (Lipinski definition) is 2. The van der Waals surface area contributed by atoms with Crippen LogP contribution in [0.5, 0.6) is 0 Å². The highest BCUT2D eigenvalue weighted by Gasteiger charge is 2.44. The number of carbonyl (C=O) groups is 1. The first-order chi connectivity index (χ1) is 7.30. The summed E-state index contributed by atoms with van der Waals surface area (Å²) in [7, 11) is 0. The van der Waals surface area contributed by atoms with Gasteiger partial charge in [0.25, 0.3) is 0 Å². The van der Waals surface area contributed by atoms with Crippen molar-refractivity contribution in [1.82, 2.24) is 5.32 Å². The van der Waals surface area contributed by atoms with E-state index < -0.39 is 24.6 Å². The van der Waals surface area contributed by atoms with E-state index in [-0.39, 0.29) is 6.04 Å². The highest BCUT2D eigenvalue weighted by Crippen LogP contribution is 2.33. The monoisotopic (exact) mass is 239 g/mol. The Balaban J connectivity index is 2.33. The fraction of sp³-hybridized carbons (Fsp3) is 0.900. The second-order valence-corrected chi connectivity index (χ2v) is 4.42. The van der Waals surface area contributed by atoms with Gasteiger partial charge in [0.05, 0.1) is 0 Å². The van der Waals surface area contributed by atoms with E-state index in [1.165, 1.54) is 0 Å². The molecule has 1 saturated carbocycles. The van der Waals surface area contributed by atoms with Gasteiger partial charge in [-0.15, -0.1) is 0 Å². The molecule has 2 unspecified atom stereocenters. The lowest BCUT2D eigenvalue weighted by molar-refractivity contribution is -0.192. The van der Waals surface area contributed by atoms with E-state index >= 15 is 0 Å². The van der Waals surface area contributed by atoms with Crippen LogP contribution in [0.3, 0.4) is 0 Å². The van der Waals surface area contributed by atoms with Crippen molar-refractivity contribution in [2.45, 2.75) is 38.4 Å². The third-order valence-electron chi connectivity index (χ3n) is 2.75. The minimum atomic E-state index is -4.68. The van der Waals surface area contributed by atoms with Gasteiger partial charge in [-0.1, -0.05) is 12.8 Å². The predicted molar refractivity (Wildman–Crippen MR) is 52.0 cm³/mol. The molecule has 0 bridgehead atoms. The van der Waals surface area contributed by atoms with Crippen LogP contribution < -0.4 is 5.32 Å². The number of carboxylic acid groups (broad SMARTS) is 1. The van der Waals surface area contributed by atoms with Crippen molar-refractivity contribution < 1.29 is 23.1 Å². The number of aliphatic carboxylic acids is 1. The van der Waals surface area contributed by atoms with E-state index in [9.17, 15) is 18.0 Å². The van der Waals surface area contributed by atoms with Gasteiger partial charge in [0.2, 0.25) is 0 Å². The average molecular weight is 239 g/mol. The number of halogens is 3. The third-order valence-corrected chi connectivity index (χ3v) is 2.75. The van der Waals surface area contributed by atoms with Gasteiger partial charge in [-0.3, -0.25) is 4.79 Å². The van der Waals surface area contributed by atoms with Gasteiger partial charge in [-0.05, 0) is 19.3 Å². The van der Waals surface area contributed by atoms with Crippen LogP contribution in [0, 0.1) is 11.8 Å². The highest BCUT2D eigenvalue weighted by atomic mass is 19.4. The predicted octanol–water partition coefficient (Wildman–Crippen LogP) is 2.03. The van der Waals surface area contributed by atoms with Crippen molar-refractivity contribution in [2.24, 2.45) is 11.8 Å². The van der Waals surface area contributed by atoms with Crippen LogP contribution in [0.4, 0.5) is 13.2 Å². The Morgan fingerprint density at radius 2 is 2.06 bits per heavy atom. The summed E-state index contributed by atoms with van der Waals surface area (Å²) in [5.74, 6) is -3.52. The first-order valence-electron chi connectivity index (χ1n) is 5.33. The molecule has 1 aliphatic carbocycles. The van der Waals surface area contributed by atoms with E-state index in [0.29, 0.717) is 5.92 Å². The van der Waals surface area contributed by atoms with E-state index in [4.69, 9.17) is 5.11 Å². The van der Waals surface area contributed by atoms with Crippen molar-refractivity contribution in [2.75, 3.05) is 6.54 Å². The van der Waals surface area contributed by atoms with Crippen molar-refractivity contribution in [3.63, 3.8) is 0 Å². The van der Waals surface area contributed by atoms with Gasteiger partial charge in [-0.25, -0.2) is 0 Å². The average Bonchev–Trinajstić information content (AvgIpc) is 2.84. The molecule has 2 N–H and O–H groups in total. The van der Waals surface area contributed by atoms with Crippen LogP contribution in [0.25, 0.3) is 0 Å². The summed E-state index contributed by atoms with van der Waals surface area (Å²) >= 11 is 0. The molecule has 94 valence electrons. The van der Waals surface area contributed by atoms with Crippen LogP contribution >= 0.6 is 0 Å². The van der Waals surface area contributed by atoms with E-state index in [0.717, 1.165) is 19.3 Å². The molecule has 0 saturated heterocycles. The summed E-state index contributed by atoms with van der Waals surface area (Å²) in [5, 5.41) is 11.1. The molecule has 0 aromatic rings. The van der Waals surface area contributed by atoms with Crippen LogP contribution in [0.1, 0.15) is 26.2 Å². The maximum Gasteiger partial charge on any atom is 0.403 e. The number of carboxylic acids is 1. The number of alkyl halides is 3. The number of hydrogen-bond donors (Lipinski definition) is 2. The lowest BCUT2D eigenvalue weighted by atomic mass is 10.1. The fourth-order valence-corrected chi connectivity index (χ4v) is 1.60. The Morgan fingerprint density at radius 3 is 2.44 bits per heavy atom. The molecule has 0 aliphatic heterocycles. The Bertz CT molecular complexity index is 251. The molecule has 0 spiro atoms. The van der Waals surface area contributed by atoms with Gasteiger partial charge in [-0.2, -0.15) is 13.2 Å². The maximum absolute atomic E-state index is 12.3. The van der Waals surface area contributed by atoms with Crippen LogP contribution in [0.15, 0.2) is 0 Å². The molecule has 0 heterocycles. The summed E-state index contributed by atoms with van der Waals surface area (Å²) in [5.41, 5.74) is 0. The Kier molecular flexibility index (Phi) is 4.18. The van der Waals surface area contributed by atoms with Crippen molar-refractivity contribution in [1.29, 1.82) is 0 Å². The van der Waals surface area contributed by atoms with Gasteiger partial charge in [0.1, 0.15) is 0 Å². The molecule has 6 heteroatoms. The Morgan fingerprint density at radius 1 is 1.50 bits per heavy atom. The molecule has 0 amide bonds. The molecular formula is C10H16F3NO2. The first kappa shape index (κ1) is 13.3. The number of rotatable bonds is 6. The SMILES string of the molecule is CC(CC1CC1)NCC(C(=O)O)C(F)(F)F. The van der Waals surface area contributed by atoms with Crippen LogP contribution in [-0.4, -0.2) is 29.8 Å². The topological polar surface area (TPSA) is 49.3 Å². The molecule has 2 atom stereocenters. The summed E-state index contributed by atoms with van der Waals surface area (Å²) in [6.45, 7) is 1.24. The highest BCUT2D eigenvalue weighted by molar-refractivity contribution is 5.71. The molecule has 1 aliphatic rings. The standard InChI is InChI=1S/C10H16F3NO2/c1-6(4-7-2-3-7)14-5-8(9(15)16)10(11,12)13/h6-8,14H,2-5H2,1H3,(H,15,16). The van der Waals surface area contributed by atoms with Crippen LogP contribution in [-0.2, 0) is 4.79 Å². The number of nitrogens with one attached hydrogen (secondary N) is 1. The fourth-order valence-electron chi connectivity index (χ4n) is 1.60. The summed E-state index contributed by atoms with van der Waals surface area (Å²) in [6.07, 6.45) is -1.59. The van der Waals surface area contributed by atoms with Gasteiger partial charge < -0.3 is 10.4 Å². The first-order valence-corrected chi connectivity index (χ1v) is 5.33. The van der Waals surface area contributed by atoms with Crippen molar-refractivity contribution in [3.8, 4) is 0 Å². The Labute approximate surface area is 92.0 Å². The van der Waals surface area contributed by atoms with E-state index in [1.807, 2.05) is 0 Å². The second-order valence-electron chi connectivity index (χ2n) is 4.42. The lowest BCUT2D eigenvalue weighted by Crippen LogP contribution is -2.42. The molecule has 0 radical (unpaired) electrons. The summed E-state index contributed by atoms with van der Waals surface area (Å²) in [6, 6.07) is -0.0586. The van der Waals surface area contributed by atoms with E-state index in [2.05, 4.69) is 5.32 Å². The molecule has 0 aromatic carbocycles. The summed E-state index contributed by atoms with van der Waals surface area (Å²) in [4.78, 5) is 10.4. The van der Waals surface area contributed by atoms with Crippen LogP contribution in [0.2, 0.25) is 0 Å². The van der Waals surface area contributed by atoms with Gasteiger partial charge >= 0.3 is 12.1 Å². The molecule has 1 rings (SSSR count). The smallest absolute Gasteiger partial charge is 0.403 e. The normalized spacial score (nSPS) is 20.5. The zero-order chi connectivity index (χ0) is 12.3. The third kappa shape index (κ3) is 4.38. The lowest BCUT2D eigenvalue weighted by Gasteiger charge is -2.19. The molecule has 0 aromatic heterocycles. The quantitative estimate of drug-likeness (QED) is 0.745. The maximum atomic E-state index is 12.3. The molecular weight excluding hydrogens is 223 g/mol. The van der Waals surface area contributed by atoms with E-state index in [1.54, 1.807) is 6.92 Å². The zero-order valence-electron chi connectivity index (χ0n) is 9.05. The second kappa shape index (κ2) is 5.03. The van der Waals surface area contributed by atoms with Crippen molar-refractivity contribution >= 4 is 5.97 Å². The molecule has 3 nitrogen and oxygen atoms in total. The van der Waals surface area contributed by atoms with Crippen molar-refractivity contribution in [3.05, 3.63) is 0 Å². The Hall–Kier alpha value is -0.780. The largest absolute Gasteiger partial charge is 0.481 e. The minimum absolute atomic E-state index is 0.0586. The summed E-state index contributed by atoms with van der Waals surface area (Å²) < 4.78 is 36.8. The molecule has 1 fully saturated rings. The van der Waals surface area contributed by atoms with Gasteiger partial charge in [0, 0.05) is 12.6 Å². The van der Waals surface area contributed by atoms with Gasteiger partial charge in [0.15, 0.2) is 5.92 Å². The molecule has 16 heavy (non-hydrogen) atoms. The zero-order valence-corrected chi connectivity index (χ0v) is 9.05. The minimum Gasteiger partial charge on any atom is -0.481 e.